The van der Waals surface area contributed by atoms with Gasteiger partial charge < -0.3 is 5.11 Å². The molecule has 7 aromatic carbocycles. The Morgan fingerprint density at radius 3 is 1.90 bits per heavy atom. The first-order valence-corrected chi connectivity index (χ1v) is 23.0. The van der Waals surface area contributed by atoms with Gasteiger partial charge in [0.25, 0.3) is 0 Å². The largest absolute Gasteiger partial charge is 0.507 e. The van der Waals surface area contributed by atoms with Gasteiger partial charge in [-0.05, 0) is 123 Å². The van der Waals surface area contributed by atoms with Crippen LogP contribution >= 0.6 is 0 Å². The predicted octanol–water partition coefficient (Wildman–Crippen LogP) is 17.2. The average molecular weight is 1080 g/mol. The Labute approximate surface area is 426 Å². The molecule has 0 atom stereocenters. The summed E-state index contributed by atoms with van der Waals surface area (Å²) in [5, 5.41) is 12.4. The number of pyridine rings is 1. The minimum Gasteiger partial charge on any atom is -0.507 e. The van der Waals surface area contributed by atoms with Gasteiger partial charge >= 0.3 is 0 Å². The average Bonchev–Trinajstić information content (AvgIpc) is 3.72. The van der Waals surface area contributed by atoms with E-state index in [9.17, 15) is 5.11 Å². The summed E-state index contributed by atoms with van der Waals surface area (Å²) in [6.07, 6.45) is 1.81. The third-order valence-corrected chi connectivity index (χ3v) is 12.7. The van der Waals surface area contributed by atoms with E-state index in [4.69, 9.17) is 18.2 Å². The quantitative estimate of drug-likeness (QED) is 0.139. The van der Waals surface area contributed by atoms with Crippen molar-refractivity contribution in [3.05, 3.63) is 191 Å². The van der Waals surface area contributed by atoms with E-state index in [1.807, 2.05) is 162 Å². The second-order valence-electron chi connectivity index (χ2n) is 19.5. The smallest absolute Gasteiger partial charge is 0.148 e. The van der Waals surface area contributed by atoms with Crippen LogP contribution < -0.4 is 0 Å². The number of phenols is 1. The van der Waals surface area contributed by atoms with Crippen LogP contribution in [0.5, 0.6) is 5.75 Å². The number of aromatic hydroxyl groups is 1. The third-order valence-electron chi connectivity index (χ3n) is 12.7. The summed E-state index contributed by atoms with van der Waals surface area (Å²) in [4.78, 5) is 10.3. The molecule has 0 amide bonds. The van der Waals surface area contributed by atoms with Crippen LogP contribution in [0.25, 0.3) is 83.9 Å². The van der Waals surface area contributed by atoms with Gasteiger partial charge in [0.05, 0.1) is 22.3 Å². The van der Waals surface area contributed by atoms with Crippen molar-refractivity contribution >= 4 is 11.0 Å². The van der Waals surface area contributed by atoms with E-state index in [2.05, 4.69) is 57.2 Å². The Hall–Kier alpha value is -6.35. The summed E-state index contributed by atoms with van der Waals surface area (Å²) in [6.45, 7) is 16.5. The van der Waals surface area contributed by atoms with Gasteiger partial charge in [0, 0.05) is 46.7 Å². The fourth-order valence-corrected chi connectivity index (χ4v) is 8.95. The molecular formula is C63H62N3OPt-. The Morgan fingerprint density at radius 2 is 1.24 bits per heavy atom. The number of phenolic OH excluding ortho intramolecular Hbond substituents is 1. The number of rotatable bonds is 10. The molecule has 4 nitrogen and oxygen atoms in total. The number of nitrogens with zero attached hydrogens (tertiary/aromatic N) is 3. The van der Waals surface area contributed by atoms with Crippen molar-refractivity contribution in [2.24, 2.45) is 0 Å². The molecule has 9 aromatic rings. The molecule has 0 aliphatic carbocycles. The molecule has 0 unspecified atom stereocenters. The SMILES string of the molecule is [2H]C([2H])([2H])c1cc(-c2cc(C([2H])(C)C)cc(C([2H])(C)C)c2)ccc1-n1c(-c2cc(C)cc(C(C)(C)C)c2O)nc2c(-c3[c-]c(-c4cc(-c5ccc(C([2H])(C)C)cc5)ccn4)cc(-c4ccccc4)c3)cccc21.[Pt]. The van der Waals surface area contributed by atoms with Crippen LogP contribution in [0.4, 0.5) is 0 Å². The van der Waals surface area contributed by atoms with Gasteiger partial charge in [-0.2, -0.15) is 0 Å². The predicted molar refractivity (Wildman–Crippen MR) is 282 cm³/mol. The molecule has 346 valence electrons. The number of benzene rings is 7. The van der Waals surface area contributed by atoms with Crippen molar-refractivity contribution in [2.75, 3.05) is 0 Å². The van der Waals surface area contributed by atoms with Gasteiger partial charge in [-0.1, -0.05) is 182 Å². The van der Waals surface area contributed by atoms with Crippen LogP contribution in [-0.2, 0) is 26.5 Å². The number of hydrogen-bond acceptors (Lipinski definition) is 3. The molecule has 0 saturated carbocycles. The fraction of sp³-hybridized carbons (Fsp3) is 0.238. The van der Waals surface area contributed by atoms with Crippen molar-refractivity contribution in [3.63, 3.8) is 0 Å². The summed E-state index contributed by atoms with van der Waals surface area (Å²) in [5.41, 5.74) is 13.9. The fourth-order valence-electron chi connectivity index (χ4n) is 8.95. The monoisotopic (exact) mass is 1080 g/mol. The topological polar surface area (TPSA) is 50.9 Å². The van der Waals surface area contributed by atoms with E-state index in [-0.39, 0.29) is 32.4 Å². The Balaban J connectivity index is 0.00000729. The number of fused-ring (bicyclic) bond motifs is 1. The maximum absolute atomic E-state index is 12.4. The molecular weight excluding hydrogens is 1010 g/mol. The Kier molecular flexibility index (Phi) is 11.6. The molecule has 0 fully saturated rings. The van der Waals surface area contributed by atoms with E-state index in [1.165, 1.54) is 0 Å². The zero-order valence-corrected chi connectivity index (χ0v) is 42.8. The van der Waals surface area contributed by atoms with Gasteiger partial charge in [0.2, 0.25) is 0 Å². The zero-order valence-electron chi connectivity index (χ0n) is 46.5. The Morgan fingerprint density at radius 1 is 0.603 bits per heavy atom. The first-order valence-electron chi connectivity index (χ1n) is 26.0. The molecule has 5 heteroatoms. The molecule has 9 rings (SSSR count). The number of hydrogen-bond donors (Lipinski definition) is 1. The molecule has 1 N–H and O–H groups in total. The Bertz CT molecular complexity index is 3520. The number of aryl methyl sites for hydroxylation is 2. The van der Waals surface area contributed by atoms with Crippen LogP contribution in [0.15, 0.2) is 152 Å². The third kappa shape index (κ3) is 9.54. The summed E-state index contributed by atoms with van der Waals surface area (Å²) in [5.74, 6) is -2.23. The number of para-hydroxylation sites is 1. The first-order chi connectivity index (χ1) is 34.1. The summed E-state index contributed by atoms with van der Waals surface area (Å²) in [7, 11) is 0. The van der Waals surface area contributed by atoms with Crippen molar-refractivity contribution in [1.82, 2.24) is 14.5 Å². The van der Waals surface area contributed by atoms with Crippen LogP contribution in [0.3, 0.4) is 0 Å². The molecule has 0 aliphatic heterocycles. The second-order valence-corrected chi connectivity index (χ2v) is 19.5. The maximum Gasteiger partial charge on any atom is 0.148 e. The molecule has 0 spiro atoms. The molecule has 0 saturated heterocycles. The van der Waals surface area contributed by atoms with Crippen molar-refractivity contribution in [2.45, 2.75) is 99.2 Å². The molecule has 2 aromatic heterocycles. The maximum atomic E-state index is 12.4. The van der Waals surface area contributed by atoms with Crippen LogP contribution in [0.2, 0.25) is 0 Å². The van der Waals surface area contributed by atoms with Crippen LogP contribution in [0, 0.1) is 19.8 Å². The molecule has 0 aliphatic rings. The van der Waals surface area contributed by atoms with E-state index in [0.29, 0.717) is 39.2 Å². The van der Waals surface area contributed by atoms with E-state index >= 15 is 0 Å². The van der Waals surface area contributed by atoms with Crippen molar-refractivity contribution in [3.8, 4) is 78.6 Å². The molecule has 0 bridgehead atoms. The normalized spacial score (nSPS) is 13.7. The van der Waals surface area contributed by atoms with Gasteiger partial charge in [-0.25, -0.2) is 4.98 Å². The van der Waals surface area contributed by atoms with Crippen molar-refractivity contribution in [1.29, 1.82) is 0 Å². The molecule has 68 heavy (non-hydrogen) atoms. The minimum absolute atomic E-state index is 0. The minimum atomic E-state index is -2.61. The summed E-state index contributed by atoms with van der Waals surface area (Å²) >= 11 is 0. The van der Waals surface area contributed by atoms with Gasteiger partial charge in [-0.3, -0.25) is 9.55 Å². The van der Waals surface area contributed by atoms with E-state index in [1.54, 1.807) is 12.3 Å². The zero-order chi connectivity index (χ0) is 52.6. The first kappa shape index (κ1) is 40.7. The second kappa shape index (κ2) is 19.3. The van der Waals surface area contributed by atoms with Gasteiger partial charge in [-0.15, -0.1) is 23.8 Å². The standard InChI is InChI=1S/C63H62N3O.Pt/c1-38(2)43-20-22-45(23-21-43)47-26-27-64-57(37-47)53-35-50(44-16-13-12-14-17-44)34-52(36-53)54-18-15-19-59-60(54)65-62(55-28-41(7)29-56(61(55)67)63(9,10)11)66(59)58-25-24-46(30-42(58)8)51-32-48(39(3)4)31-49(33-51)40(5)6;/h12-35,37-40,67H,1-11H3;/q-1;/i8D3,38D,39D,40D;. The van der Waals surface area contributed by atoms with Crippen LogP contribution in [0.1, 0.15) is 122 Å². The number of imidazole rings is 1. The molecule has 0 radical (unpaired) electrons. The van der Waals surface area contributed by atoms with Gasteiger partial charge in [0.15, 0.2) is 0 Å². The summed E-state index contributed by atoms with van der Waals surface area (Å²) < 4.78 is 55.6. The van der Waals surface area contributed by atoms with E-state index < -0.39 is 29.9 Å². The number of aromatic nitrogens is 3. The van der Waals surface area contributed by atoms with Crippen LogP contribution in [-0.4, -0.2) is 19.6 Å². The summed E-state index contributed by atoms with van der Waals surface area (Å²) in [6, 6.07) is 51.1. The van der Waals surface area contributed by atoms with Gasteiger partial charge in [0.1, 0.15) is 11.6 Å². The van der Waals surface area contributed by atoms with E-state index in [0.717, 1.165) is 72.5 Å². The molecule has 2 heterocycles. The van der Waals surface area contributed by atoms with Crippen molar-refractivity contribution < 1.29 is 34.4 Å².